The lowest BCUT2D eigenvalue weighted by molar-refractivity contribution is -0.153. The number of nitrogens with one attached hydrogen (secondary N) is 1. The van der Waals surface area contributed by atoms with Crippen LogP contribution in [0.5, 0.6) is 0 Å². The Bertz CT molecular complexity index is 208. The second-order valence-corrected chi connectivity index (χ2v) is 4.85. The molecule has 0 rings (SSSR count). The minimum atomic E-state index is -1.21. The maximum atomic E-state index is 11.2. The average Bonchev–Trinajstić information content (AvgIpc) is 2.00. The molecule has 0 bridgehead atoms. The summed E-state index contributed by atoms with van der Waals surface area (Å²) in [4.78, 5) is 11.2. The lowest BCUT2D eigenvalue weighted by atomic mass is 10.1. The van der Waals surface area contributed by atoms with Crippen LogP contribution in [-0.2, 0) is 9.53 Å². The first kappa shape index (κ1) is 14.3. The quantitative estimate of drug-likeness (QED) is 0.551. The normalized spacial score (nSPS) is 15.9. The molecule has 0 aliphatic rings. The highest BCUT2D eigenvalue weighted by Crippen LogP contribution is 2.06. The predicted molar refractivity (Wildman–Crippen MR) is 56.4 cm³/mol. The van der Waals surface area contributed by atoms with Crippen molar-refractivity contribution in [1.82, 2.24) is 5.32 Å². The molecule has 0 heterocycles. The Morgan fingerprint density at radius 2 is 1.87 bits per heavy atom. The van der Waals surface area contributed by atoms with E-state index in [1.54, 1.807) is 20.8 Å². The minimum absolute atomic E-state index is 0.0212. The van der Waals surface area contributed by atoms with Gasteiger partial charge in [0, 0.05) is 6.54 Å². The summed E-state index contributed by atoms with van der Waals surface area (Å²) in [5.41, 5.74) is -1.71. The second-order valence-electron chi connectivity index (χ2n) is 4.85. The third-order valence-electron chi connectivity index (χ3n) is 1.54. The van der Waals surface area contributed by atoms with E-state index in [-0.39, 0.29) is 25.7 Å². The third-order valence-corrected chi connectivity index (χ3v) is 1.54. The van der Waals surface area contributed by atoms with Crippen molar-refractivity contribution in [2.45, 2.75) is 38.9 Å². The molecule has 0 aromatic carbocycles. The van der Waals surface area contributed by atoms with Crippen LogP contribution in [0.25, 0.3) is 0 Å². The van der Waals surface area contributed by atoms with Gasteiger partial charge in [-0.25, -0.2) is 0 Å². The number of aliphatic hydroxyl groups excluding tert-OH is 1. The van der Waals surface area contributed by atoms with Crippen LogP contribution < -0.4 is 5.32 Å². The van der Waals surface area contributed by atoms with Gasteiger partial charge in [0.15, 0.2) is 0 Å². The first-order valence-corrected chi connectivity index (χ1v) is 4.92. The number of rotatable bonds is 5. The number of ether oxygens (including phenoxy) is 1. The van der Waals surface area contributed by atoms with Gasteiger partial charge in [-0.15, -0.1) is 0 Å². The van der Waals surface area contributed by atoms with Gasteiger partial charge in [0.1, 0.15) is 5.60 Å². The maximum absolute atomic E-state index is 11.2. The Labute approximate surface area is 90.4 Å². The zero-order valence-corrected chi connectivity index (χ0v) is 9.83. The molecule has 3 N–H and O–H groups in total. The monoisotopic (exact) mass is 219 g/mol. The third kappa shape index (κ3) is 8.35. The van der Waals surface area contributed by atoms with Gasteiger partial charge in [0.05, 0.1) is 18.8 Å². The Balaban J connectivity index is 3.74. The van der Waals surface area contributed by atoms with Gasteiger partial charge in [-0.1, -0.05) is 0 Å². The second kappa shape index (κ2) is 5.44. The topological polar surface area (TPSA) is 78.8 Å². The number of carbonyl (C=O) groups is 1. The van der Waals surface area contributed by atoms with Crippen LogP contribution in [0, 0.1) is 0 Å². The molecule has 0 saturated heterocycles. The molecular formula is C10H21NO4. The zero-order valence-electron chi connectivity index (χ0n) is 9.83. The van der Waals surface area contributed by atoms with E-state index >= 15 is 0 Å². The Morgan fingerprint density at radius 3 is 2.27 bits per heavy atom. The highest BCUT2D eigenvalue weighted by Gasteiger charge is 2.20. The highest BCUT2D eigenvalue weighted by molar-refractivity contribution is 5.72. The van der Waals surface area contributed by atoms with Crippen molar-refractivity contribution in [3.63, 3.8) is 0 Å². The van der Waals surface area contributed by atoms with Crippen molar-refractivity contribution in [3.05, 3.63) is 0 Å². The van der Waals surface area contributed by atoms with Gasteiger partial charge in [0.2, 0.25) is 0 Å². The molecule has 0 aromatic heterocycles. The predicted octanol–water partition coefficient (Wildman–Crippen LogP) is -0.339. The molecule has 1 atom stereocenters. The van der Waals surface area contributed by atoms with Gasteiger partial charge in [-0.05, 0) is 27.7 Å². The van der Waals surface area contributed by atoms with Crippen LogP contribution in [0.3, 0.4) is 0 Å². The molecule has 15 heavy (non-hydrogen) atoms. The Hall–Kier alpha value is -0.650. The molecule has 0 spiro atoms. The molecule has 0 amide bonds. The van der Waals surface area contributed by atoms with Crippen LogP contribution in [0.4, 0.5) is 0 Å². The van der Waals surface area contributed by atoms with Crippen LogP contribution in [0.1, 0.15) is 27.7 Å². The lowest BCUT2D eigenvalue weighted by Gasteiger charge is -2.22. The van der Waals surface area contributed by atoms with E-state index in [1.807, 2.05) is 0 Å². The van der Waals surface area contributed by atoms with Crippen LogP contribution >= 0.6 is 0 Å². The summed E-state index contributed by atoms with van der Waals surface area (Å²) in [5.74, 6) is -0.378. The van der Waals surface area contributed by atoms with Crippen molar-refractivity contribution in [3.8, 4) is 0 Å². The maximum Gasteiger partial charge on any atom is 0.320 e. The molecule has 1 unspecified atom stereocenters. The van der Waals surface area contributed by atoms with Crippen LogP contribution in [-0.4, -0.2) is 47.1 Å². The summed E-state index contributed by atoms with van der Waals surface area (Å²) in [6.07, 6.45) is 0. The van der Waals surface area contributed by atoms with Crippen LogP contribution in [0.15, 0.2) is 0 Å². The van der Waals surface area contributed by atoms with E-state index in [4.69, 9.17) is 9.84 Å². The summed E-state index contributed by atoms with van der Waals surface area (Å²) < 4.78 is 5.04. The van der Waals surface area contributed by atoms with Gasteiger partial charge < -0.3 is 20.3 Å². The first-order valence-electron chi connectivity index (χ1n) is 4.92. The smallest absolute Gasteiger partial charge is 0.320 e. The number of hydrogen-bond acceptors (Lipinski definition) is 5. The molecule has 0 fully saturated rings. The summed E-state index contributed by atoms with van der Waals surface area (Å²) >= 11 is 0. The van der Waals surface area contributed by atoms with E-state index in [0.29, 0.717) is 0 Å². The number of aliphatic hydroxyl groups is 2. The first-order chi connectivity index (χ1) is 6.66. The highest BCUT2D eigenvalue weighted by atomic mass is 16.6. The molecule has 0 aliphatic heterocycles. The molecule has 90 valence electrons. The van der Waals surface area contributed by atoms with Crippen molar-refractivity contribution >= 4 is 5.97 Å². The lowest BCUT2D eigenvalue weighted by Crippen LogP contribution is -2.43. The standard InChI is InChI=1S/C10H21NO4/c1-9(2,3)15-8(13)5-11-6-10(4,14)7-12/h11-12,14H,5-7H2,1-4H3. The Kier molecular flexibility index (Phi) is 5.20. The SMILES string of the molecule is CC(O)(CO)CNCC(=O)OC(C)(C)C. The van der Waals surface area contributed by atoms with Crippen molar-refractivity contribution in [2.75, 3.05) is 19.7 Å². The summed E-state index contributed by atoms with van der Waals surface area (Å²) in [6, 6.07) is 0. The van der Waals surface area contributed by atoms with E-state index in [2.05, 4.69) is 5.32 Å². The molecule has 0 aromatic rings. The summed E-state index contributed by atoms with van der Waals surface area (Å²) in [5, 5.41) is 20.9. The van der Waals surface area contributed by atoms with Gasteiger partial charge in [0.25, 0.3) is 0 Å². The number of carbonyl (C=O) groups excluding carboxylic acids is 1. The molecular weight excluding hydrogens is 198 g/mol. The van der Waals surface area contributed by atoms with E-state index in [9.17, 15) is 9.90 Å². The van der Waals surface area contributed by atoms with Crippen molar-refractivity contribution in [2.24, 2.45) is 0 Å². The van der Waals surface area contributed by atoms with Gasteiger partial charge >= 0.3 is 5.97 Å². The fourth-order valence-electron chi connectivity index (χ4n) is 0.867. The molecule has 0 aliphatic carbocycles. The minimum Gasteiger partial charge on any atom is -0.459 e. The molecule has 0 saturated carbocycles. The van der Waals surface area contributed by atoms with E-state index in [0.717, 1.165) is 0 Å². The van der Waals surface area contributed by atoms with Gasteiger partial charge in [-0.2, -0.15) is 0 Å². The van der Waals surface area contributed by atoms with Crippen LogP contribution in [0.2, 0.25) is 0 Å². The van der Waals surface area contributed by atoms with Crippen molar-refractivity contribution in [1.29, 1.82) is 0 Å². The fraction of sp³-hybridized carbons (Fsp3) is 0.900. The fourth-order valence-corrected chi connectivity index (χ4v) is 0.867. The summed E-state index contributed by atoms with van der Waals surface area (Å²) in [6.45, 7) is 6.65. The van der Waals surface area contributed by atoms with Gasteiger partial charge in [-0.3, -0.25) is 4.79 Å². The average molecular weight is 219 g/mol. The molecule has 5 nitrogen and oxygen atoms in total. The molecule has 0 radical (unpaired) electrons. The van der Waals surface area contributed by atoms with Crippen molar-refractivity contribution < 1.29 is 19.7 Å². The number of hydrogen-bond donors (Lipinski definition) is 3. The van der Waals surface area contributed by atoms with E-state index < -0.39 is 11.2 Å². The van der Waals surface area contributed by atoms with E-state index in [1.165, 1.54) is 6.92 Å². The number of esters is 1. The largest absolute Gasteiger partial charge is 0.459 e. The summed E-state index contributed by atoms with van der Waals surface area (Å²) in [7, 11) is 0. The Morgan fingerprint density at radius 1 is 1.33 bits per heavy atom. The zero-order chi connectivity index (χ0) is 12.1. The molecule has 5 heteroatoms.